The summed E-state index contributed by atoms with van der Waals surface area (Å²) in [6, 6.07) is -0.00809. The Morgan fingerprint density at radius 2 is 1.83 bits per heavy atom. The van der Waals surface area contributed by atoms with Crippen LogP contribution in [0.1, 0.15) is 66.2 Å². The van der Waals surface area contributed by atoms with Crippen LogP contribution >= 0.6 is 18.7 Å². The van der Waals surface area contributed by atoms with Crippen LogP contribution in [-0.2, 0) is 14.1 Å². The van der Waals surface area contributed by atoms with Crippen molar-refractivity contribution in [3.8, 4) is 11.8 Å². The van der Waals surface area contributed by atoms with E-state index in [0.29, 0.717) is 19.4 Å². The predicted molar refractivity (Wildman–Crippen MR) is 174 cm³/mol. The second kappa shape index (κ2) is 15.9. The Kier molecular flexibility index (Phi) is 13.4. The standard InChI is InChI=1S/C31H56ClN6O3P/c1-9-28(39)34-24-19-25(26(41-6)18-21(24)16-17-31(4,5)38(10-2)11-3)36-30-33-20-22(32)29(37-30)35-23-14-12-13-15-27(23)42(7,8)40/h9,21-27,29-30,33,35-37H,1,10-15,18-20H2,2-8H3,(H,34,39). The average Bonchev–Trinajstić information content (AvgIpc) is 2.94. The molecule has 1 aliphatic heterocycles. The Hall–Kier alpha value is -0.950. The first kappa shape index (κ1) is 35.5. The molecule has 11 heteroatoms. The van der Waals surface area contributed by atoms with Crippen LogP contribution in [0.15, 0.2) is 12.7 Å². The summed E-state index contributed by atoms with van der Waals surface area (Å²) in [6.07, 6.45) is 6.51. The van der Waals surface area contributed by atoms with Crippen molar-refractivity contribution >= 4 is 24.7 Å². The van der Waals surface area contributed by atoms with Crippen LogP contribution in [-0.4, -0.2) is 104 Å². The monoisotopic (exact) mass is 626 g/mol. The fraction of sp³-hybridized carbons (Fsp3) is 0.839. The summed E-state index contributed by atoms with van der Waals surface area (Å²) < 4.78 is 19.0. The van der Waals surface area contributed by atoms with E-state index in [2.05, 4.69) is 77.6 Å². The summed E-state index contributed by atoms with van der Waals surface area (Å²) in [4.78, 5) is 14.8. The van der Waals surface area contributed by atoms with E-state index in [0.717, 1.165) is 38.8 Å². The summed E-state index contributed by atoms with van der Waals surface area (Å²) in [5.41, 5.74) is -0.0985. The molecule has 1 saturated heterocycles. The number of methoxy groups -OCH3 is 1. The molecule has 9 atom stereocenters. The van der Waals surface area contributed by atoms with Crippen molar-refractivity contribution in [1.82, 2.24) is 31.5 Å². The molecule has 2 saturated carbocycles. The van der Waals surface area contributed by atoms with Gasteiger partial charge in [-0.25, -0.2) is 0 Å². The molecule has 0 aromatic heterocycles. The Morgan fingerprint density at radius 1 is 1.14 bits per heavy atom. The van der Waals surface area contributed by atoms with E-state index >= 15 is 0 Å². The third-order valence-electron chi connectivity index (χ3n) is 9.39. The second-order valence-electron chi connectivity index (χ2n) is 13.0. The molecule has 3 fully saturated rings. The zero-order valence-electron chi connectivity index (χ0n) is 26.8. The van der Waals surface area contributed by atoms with Crippen molar-refractivity contribution in [2.24, 2.45) is 5.92 Å². The van der Waals surface area contributed by atoms with Gasteiger partial charge in [0.05, 0.1) is 30.3 Å². The molecule has 240 valence electrons. The van der Waals surface area contributed by atoms with E-state index < -0.39 is 7.14 Å². The van der Waals surface area contributed by atoms with Gasteiger partial charge in [0.25, 0.3) is 0 Å². The quantitative estimate of drug-likeness (QED) is 0.103. The molecular formula is C31H56ClN6O3P. The molecule has 3 aliphatic rings. The molecule has 9 unspecified atom stereocenters. The third-order valence-corrected chi connectivity index (χ3v) is 12.0. The van der Waals surface area contributed by atoms with Crippen molar-refractivity contribution < 1.29 is 14.1 Å². The van der Waals surface area contributed by atoms with Crippen LogP contribution in [0.25, 0.3) is 0 Å². The highest BCUT2D eigenvalue weighted by Crippen LogP contribution is 2.49. The van der Waals surface area contributed by atoms with E-state index in [1.807, 2.05) is 13.3 Å². The van der Waals surface area contributed by atoms with Gasteiger partial charge in [0, 0.05) is 43.4 Å². The number of halogens is 1. The maximum Gasteiger partial charge on any atom is 0.243 e. The maximum atomic E-state index is 13.0. The van der Waals surface area contributed by atoms with Gasteiger partial charge in [-0.05, 0) is 72.0 Å². The molecule has 9 nitrogen and oxygen atoms in total. The number of carbonyl (C=O) groups is 1. The van der Waals surface area contributed by atoms with Crippen molar-refractivity contribution in [2.75, 3.05) is 40.1 Å². The molecule has 0 aromatic rings. The van der Waals surface area contributed by atoms with Gasteiger partial charge in [-0.3, -0.25) is 31.0 Å². The van der Waals surface area contributed by atoms with Gasteiger partial charge in [0.2, 0.25) is 5.91 Å². The molecule has 0 bridgehead atoms. The summed E-state index contributed by atoms with van der Waals surface area (Å²) in [7, 11) is -0.491. The lowest BCUT2D eigenvalue weighted by Gasteiger charge is -2.45. The van der Waals surface area contributed by atoms with Gasteiger partial charge in [-0.15, -0.1) is 11.6 Å². The number of ether oxygens (including phenoxy) is 1. The highest BCUT2D eigenvalue weighted by Gasteiger charge is 2.41. The van der Waals surface area contributed by atoms with E-state index in [-0.39, 0.29) is 65.1 Å². The molecule has 1 heterocycles. The van der Waals surface area contributed by atoms with Gasteiger partial charge >= 0.3 is 0 Å². The SMILES string of the molecule is C=CC(=O)NC1CC(NC2NCC(Cl)C(NC3CCCCC3P(C)(C)=O)N2)C(OC)CC1C#CC(C)(C)N(CC)CC. The summed E-state index contributed by atoms with van der Waals surface area (Å²) >= 11 is 6.77. The lowest BCUT2D eigenvalue weighted by atomic mass is 9.79. The number of carbonyl (C=O) groups excluding carboxylic acids is 1. The third kappa shape index (κ3) is 9.52. The summed E-state index contributed by atoms with van der Waals surface area (Å²) in [5.74, 6) is 6.79. The van der Waals surface area contributed by atoms with E-state index in [1.165, 1.54) is 6.08 Å². The minimum atomic E-state index is -2.23. The fourth-order valence-electron chi connectivity index (χ4n) is 6.97. The second-order valence-corrected chi connectivity index (χ2v) is 17.1. The minimum Gasteiger partial charge on any atom is -0.380 e. The summed E-state index contributed by atoms with van der Waals surface area (Å²) in [5, 5.41) is 17.5. The highest BCUT2D eigenvalue weighted by molar-refractivity contribution is 7.63. The zero-order chi connectivity index (χ0) is 31.1. The number of alkyl halides is 1. The van der Waals surface area contributed by atoms with Crippen LogP contribution in [0.5, 0.6) is 0 Å². The Bertz CT molecular complexity index is 1010. The van der Waals surface area contributed by atoms with Crippen LogP contribution in [0.2, 0.25) is 0 Å². The van der Waals surface area contributed by atoms with Crippen molar-refractivity contribution in [1.29, 1.82) is 0 Å². The van der Waals surface area contributed by atoms with Crippen LogP contribution < -0.4 is 26.6 Å². The average molecular weight is 627 g/mol. The number of rotatable bonds is 11. The number of hydrogen-bond acceptors (Lipinski definition) is 8. The fourth-order valence-corrected chi connectivity index (χ4v) is 9.11. The van der Waals surface area contributed by atoms with Gasteiger partial charge in [0.15, 0.2) is 0 Å². The van der Waals surface area contributed by atoms with Crippen LogP contribution in [0.3, 0.4) is 0 Å². The molecular weight excluding hydrogens is 571 g/mol. The largest absolute Gasteiger partial charge is 0.380 e. The molecule has 42 heavy (non-hydrogen) atoms. The number of amides is 1. The van der Waals surface area contributed by atoms with Crippen LogP contribution in [0.4, 0.5) is 0 Å². The lowest BCUT2D eigenvalue weighted by Crippen LogP contribution is -2.72. The van der Waals surface area contributed by atoms with Crippen molar-refractivity contribution in [3.05, 3.63) is 12.7 Å². The molecule has 0 radical (unpaired) electrons. The van der Waals surface area contributed by atoms with Gasteiger partial charge in [-0.2, -0.15) is 0 Å². The van der Waals surface area contributed by atoms with E-state index in [4.69, 9.17) is 16.3 Å². The first-order chi connectivity index (χ1) is 19.8. The molecule has 3 rings (SSSR count). The number of nitrogens with zero attached hydrogens (tertiary/aromatic N) is 1. The maximum absolute atomic E-state index is 13.0. The summed E-state index contributed by atoms with van der Waals surface area (Å²) in [6.45, 7) is 18.5. The first-order valence-electron chi connectivity index (χ1n) is 15.8. The topological polar surface area (TPSA) is 107 Å². The van der Waals surface area contributed by atoms with Gasteiger partial charge in [-0.1, -0.05) is 45.1 Å². The Morgan fingerprint density at radius 3 is 2.45 bits per heavy atom. The zero-order valence-corrected chi connectivity index (χ0v) is 28.5. The number of hydrogen-bond donors (Lipinski definition) is 5. The Balaban J connectivity index is 1.73. The van der Waals surface area contributed by atoms with Crippen LogP contribution in [0, 0.1) is 17.8 Å². The minimum absolute atomic E-state index is 0.0367. The van der Waals surface area contributed by atoms with Gasteiger partial charge < -0.3 is 14.6 Å². The molecule has 5 N–H and O–H groups in total. The molecule has 0 aromatic carbocycles. The first-order valence-corrected chi connectivity index (χ1v) is 18.9. The van der Waals surface area contributed by atoms with Crippen molar-refractivity contribution in [3.63, 3.8) is 0 Å². The normalized spacial score (nSPS) is 34.4. The lowest BCUT2D eigenvalue weighted by molar-refractivity contribution is -0.118. The molecule has 2 aliphatic carbocycles. The van der Waals surface area contributed by atoms with E-state index in [1.54, 1.807) is 7.11 Å². The smallest absolute Gasteiger partial charge is 0.243 e. The highest BCUT2D eigenvalue weighted by atomic mass is 35.5. The van der Waals surface area contributed by atoms with Crippen molar-refractivity contribution in [2.45, 2.75) is 119 Å². The van der Waals surface area contributed by atoms with Gasteiger partial charge in [0.1, 0.15) is 6.29 Å². The molecule has 0 spiro atoms. The molecule has 1 amide bonds. The predicted octanol–water partition coefficient (Wildman–Crippen LogP) is 3.10. The number of nitrogens with one attached hydrogen (secondary N) is 5. The Labute approximate surface area is 259 Å². The van der Waals surface area contributed by atoms with E-state index in [9.17, 15) is 9.36 Å².